The first-order valence-corrected chi connectivity index (χ1v) is 6.97. The molecule has 5 heteroatoms. The minimum Gasteiger partial charge on any atom is -0.369 e. The molecule has 0 aliphatic carbocycles. The lowest BCUT2D eigenvalue weighted by atomic mass is 9.96. The van der Waals surface area contributed by atoms with Gasteiger partial charge in [-0.05, 0) is 43.6 Å². The van der Waals surface area contributed by atoms with Crippen LogP contribution >= 0.6 is 11.6 Å². The van der Waals surface area contributed by atoms with Gasteiger partial charge in [0, 0.05) is 17.6 Å². The maximum Gasteiger partial charge on any atom is 0.226 e. The lowest BCUT2D eigenvalue weighted by Crippen LogP contribution is -2.43. The Hall–Kier alpha value is -1.10. The highest BCUT2D eigenvalue weighted by molar-refractivity contribution is 6.30. The summed E-state index contributed by atoms with van der Waals surface area (Å²) in [5.74, 6) is -0.580. The minimum absolute atomic E-state index is 0.286. The van der Waals surface area contributed by atoms with E-state index in [9.17, 15) is 4.79 Å². The average Bonchev–Trinajstić information content (AvgIpc) is 2.39. The molecule has 2 rings (SSSR count). The highest BCUT2D eigenvalue weighted by Gasteiger charge is 2.24. The summed E-state index contributed by atoms with van der Waals surface area (Å²) in [6.07, 6.45) is 1.96. The highest BCUT2D eigenvalue weighted by Crippen LogP contribution is 2.21. The Morgan fingerprint density at radius 1 is 1.32 bits per heavy atom. The van der Waals surface area contributed by atoms with E-state index >= 15 is 0 Å². The van der Waals surface area contributed by atoms with Crippen LogP contribution in [-0.4, -0.2) is 36.5 Å². The molecule has 1 aliphatic rings. The summed E-state index contributed by atoms with van der Waals surface area (Å²) in [7, 11) is 0. The van der Waals surface area contributed by atoms with Gasteiger partial charge in [0.2, 0.25) is 5.91 Å². The molecule has 0 bridgehead atoms. The van der Waals surface area contributed by atoms with Gasteiger partial charge in [0.15, 0.2) is 0 Å². The molecule has 1 fully saturated rings. The monoisotopic (exact) mass is 281 g/mol. The Labute approximate surface area is 118 Å². The Kier molecular flexibility index (Phi) is 4.80. The number of carbonyl (C=O) groups excluding carboxylic acids is 1. The van der Waals surface area contributed by atoms with Crippen LogP contribution in [0.4, 0.5) is 0 Å². The zero-order chi connectivity index (χ0) is 13.8. The molecule has 0 saturated carbocycles. The fourth-order valence-corrected chi connectivity index (χ4v) is 2.57. The van der Waals surface area contributed by atoms with Crippen molar-refractivity contribution < 1.29 is 4.79 Å². The molecule has 0 unspecified atom stereocenters. The standard InChI is InChI=1S/C14H20ClN3O/c15-11-3-1-10(2-4-11)13(14(17)19)9-18-7-5-12(16)6-8-18/h1-4,12-13H,5-9,16H2,(H2,17,19)/t13-/m0/s1. The molecule has 1 aromatic rings. The third-order valence-corrected chi connectivity index (χ3v) is 3.94. The molecule has 1 saturated heterocycles. The smallest absolute Gasteiger partial charge is 0.226 e. The van der Waals surface area contributed by atoms with Gasteiger partial charge in [0.25, 0.3) is 0 Å². The van der Waals surface area contributed by atoms with Crippen molar-refractivity contribution in [3.63, 3.8) is 0 Å². The maximum atomic E-state index is 11.7. The average molecular weight is 282 g/mol. The molecular weight excluding hydrogens is 262 g/mol. The largest absolute Gasteiger partial charge is 0.369 e. The topological polar surface area (TPSA) is 72.4 Å². The summed E-state index contributed by atoms with van der Waals surface area (Å²) in [4.78, 5) is 13.9. The van der Waals surface area contributed by atoms with E-state index in [2.05, 4.69) is 4.90 Å². The first-order valence-electron chi connectivity index (χ1n) is 6.59. The van der Waals surface area contributed by atoms with E-state index in [1.165, 1.54) is 0 Å². The number of rotatable bonds is 4. The first-order chi connectivity index (χ1) is 9.06. The molecule has 0 radical (unpaired) electrons. The van der Waals surface area contributed by atoms with Crippen molar-refractivity contribution >= 4 is 17.5 Å². The van der Waals surface area contributed by atoms with Gasteiger partial charge in [-0.1, -0.05) is 23.7 Å². The quantitative estimate of drug-likeness (QED) is 0.875. The fourth-order valence-electron chi connectivity index (χ4n) is 2.45. The van der Waals surface area contributed by atoms with E-state index in [0.29, 0.717) is 17.6 Å². The van der Waals surface area contributed by atoms with E-state index < -0.39 is 0 Å². The number of primary amides is 1. The molecule has 4 nitrogen and oxygen atoms in total. The highest BCUT2D eigenvalue weighted by atomic mass is 35.5. The normalized spacial score (nSPS) is 19.3. The van der Waals surface area contributed by atoms with E-state index in [4.69, 9.17) is 23.1 Å². The Morgan fingerprint density at radius 3 is 2.42 bits per heavy atom. The van der Waals surface area contributed by atoms with Crippen LogP contribution in [-0.2, 0) is 4.79 Å². The number of nitrogens with two attached hydrogens (primary N) is 2. The number of hydrogen-bond acceptors (Lipinski definition) is 3. The second kappa shape index (κ2) is 6.37. The lowest BCUT2D eigenvalue weighted by Gasteiger charge is -2.32. The van der Waals surface area contributed by atoms with Crippen LogP contribution < -0.4 is 11.5 Å². The van der Waals surface area contributed by atoms with Crippen LogP contribution in [0.5, 0.6) is 0 Å². The second-order valence-corrected chi connectivity index (χ2v) is 5.58. The van der Waals surface area contributed by atoms with Crippen LogP contribution in [0.15, 0.2) is 24.3 Å². The van der Waals surface area contributed by atoms with Crippen LogP contribution in [0, 0.1) is 0 Å². The van der Waals surface area contributed by atoms with Gasteiger partial charge < -0.3 is 16.4 Å². The van der Waals surface area contributed by atoms with Crippen molar-refractivity contribution in [2.24, 2.45) is 11.5 Å². The molecule has 1 amide bonds. The van der Waals surface area contributed by atoms with Crippen LogP contribution in [0.25, 0.3) is 0 Å². The predicted molar refractivity (Wildman–Crippen MR) is 77.0 cm³/mol. The molecule has 0 spiro atoms. The van der Waals surface area contributed by atoms with Crippen molar-refractivity contribution in [2.45, 2.75) is 24.8 Å². The first kappa shape index (κ1) is 14.3. The minimum atomic E-state index is -0.294. The van der Waals surface area contributed by atoms with E-state index in [-0.39, 0.29) is 11.8 Å². The summed E-state index contributed by atoms with van der Waals surface area (Å²) in [5, 5.41) is 0.663. The van der Waals surface area contributed by atoms with Gasteiger partial charge in [-0.25, -0.2) is 0 Å². The van der Waals surface area contributed by atoms with Crippen molar-refractivity contribution in [1.29, 1.82) is 0 Å². The summed E-state index contributed by atoms with van der Waals surface area (Å²) in [6, 6.07) is 7.61. The number of piperidine rings is 1. The SMILES string of the molecule is NC(=O)[C@@H](CN1CCC(N)CC1)c1ccc(Cl)cc1. The number of halogens is 1. The number of hydrogen-bond donors (Lipinski definition) is 2. The van der Waals surface area contributed by atoms with Gasteiger partial charge in [-0.2, -0.15) is 0 Å². The van der Waals surface area contributed by atoms with Crippen LogP contribution in [0.1, 0.15) is 24.3 Å². The molecule has 1 heterocycles. The summed E-state index contributed by atoms with van der Waals surface area (Å²) in [5.41, 5.74) is 12.3. The second-order valence-electron chi connectivity index (χ2n) is 5.14. The Bertz CT molecular complexity index is 427. The van der Waals surface area contributed by atoms with Gasteiger partial charge in [-0.3, -0.25) is 4.79 Å². The van der Waals surface area contributed by atoms with Gasteiger partial charge in [0.1, 0.15) is 0 Å². The van der Waals surface area contributed by atoms with Crippen molar-refractivity contribution in [1.82, 2.24) is 4.90 Å². The Morgan fingerprint density at radius 2 is 1.89 bits per heavy atom. The number of likely N-dealkylation sites (tertiary alicyclic amines) is 1. The number of benzene rings is 1. The number of amides is 1. The maximum absolute atomic E-state index is 11.7. The summed E-state index contributed by atoms with van der Waals surface area (Å²) < 4.78 is 0. The molecule has 1 aliphatic heterocycles. The molecule has 19 heavy (non-hydrogen) atoms. The lowest BCUT2D eigenvalue weighted by molar-refractivity contribution is -0.119. The molecule has 1 atom stereocenters. The number of nitrogens with zero attached hydrogens (tertiary/aromatic N) is 1. The third-order valence-electron chi connectivity index (χ3n) is 3.69. The Balaban J connectivity index is 2.04. The zero-order valence-corrected chi connectivity index (χ0v) is 11.6. The molecule has 1 aromatic carbocycles. The van der Waals surface area contributed by atoms with Gasteiger partial charge in [-0.15, -0.1) is 0 Å². The van der Waals surface area contributed by atoms with E-state index in [0.717, 1.165) is 31.5 Å². The summed E-state index contributed by atoms with van der Waals surface area (Å²) in [6.45, 7) is 2.51. The predicted octanol–water partition coefficient (Wildman–Crippen LogP) is 1.33. The third kappa shape index (κ3) is 3.93. The molecule has 4 N–H and O–H groups in total. The fraction of sp³-hybridized carbons (Fsp3) is 0.500. The molecular formula is C14H20ClN3O. The zero-order valence-electron chi connectivity index (χ0n) is 10.9. The van der Waals surface area contributed by atoms with Gasteiger partial charge in [0.05, 0.1) is 5.92 Å². The van der Waals surface area contributed by atoms with Crippen LogP contribution in [0.3, 0.4) is 0 Å². The molecule has 104 valence electrons. The van der Waals surface area contributed by atoms with E-state index in [1.807, 2.05) is 12.1 Å². The molecule has 0 aromatic heterocycles. The van der Waals surface area contributed by atoms with E-state index in [1.54, 1.807) is 12.1 Å². The number of carbonyl (C=O) groups is 1. The van der Waals surface area contributed by atoms with Crippen molar-refractivity contribution in [2.75, 3.05) is 19.6 Å². The van der Waals surface area contributed by atoms with Crippen LogP contribution in [0.2, 0.25) is 5.02 Å². The van der Waals surface area contributed by atoms with Crippen molar-refractivity contribution in [3.05, 3.63) is 34.9 Å². The van der Waals surface area contributed by atoms with Gasteiger partial charge >= 0.3 is 0 Å². The van der Waals surface area contributed by atoms with Crippen molar-refractivity contribution in [3.8, 4) is 0 Å². The summed E-state index contributed by atoms with van der Waals surface area (Å²) >= 11 is 5.86.